The van der Waals surface area contributed by atoms with E-state index in [4.69, 9.17) is 4.74 Å². The normalized spacial score (nSPS) is 26.3. The Morgan fingerprint density at radius 2 is 1.88 bits per heavy atom. The van der Waals surface area contributed by atoms with Gasteiger partial charge in [0, 0.05) is 0 Å². The largest absolute Gasteiger partial charge is 0.374 e. The highest BCUT2D eigenvalue weighted by atomic mass is 19.1. The number of hydrogen-bond acceptors (Lipinski definition) is 2. The van der Waals surface area contributed by atoms with Gasteiger partial charge in [0.15, 0.2) is 0 Å². The van der Waals surface area contributed by atoms with Gasteiger partial charge in [0.05, 0.1) is 24.2 Å². The lowest BCUT2D eigenvalue weighted by atomic mass is 9.88. The summed E-state index contributed by atoms with van der Waals surface area (Å²) in [5, 5.41) is 3.12. The van der Waals surface area contributed by atoms with Gasteiger partial charge < -0.3 is 10.1 Å². The van der Waals surface area contributed by atoms with Gasteiger partial charge in [0.25, 0.3) is 0 Å². The molecule has 1 N–H and O–H groups in total. The molecule has 4 rings (SSSR count). The number of fused-ring (bicyclic) bond motifs is 2. The highest BCUT2D eigenvalue weighted by Gasteiger charge is 2.44. The van der Waals surface area contributed by atoms with Crippen molar-refractivity contribution in [3.8, 4) is 0 Å². The number of ether oxygens (including phenoxy) is 1. The summed E-state index contributed by atoms with van der Waals surface area (Å²) in [7, 11) is 0. The van der Waals surface area contributed by atoms with Gasteiger partial charge in [-0.1, -0.05) is 42.5 Å². The van der Waals surface area contributed by atoms with Crippen LogP contribution < -0.4 is 5.32 Å². The Morgan fingerprint density at radius 3 is 2.54 bits per heavy atom. The monoisotopic (exact) mass is 325 g/mol. The number of carbonyl (C=O) groups excluding carboxylic acids is 1. The number of amides is 1. The number of carbonyl (C=O) groups is 1. The molecule has 2 fully saturated rings. The van der Waals surface area contributed by atoms with Crippen LogP contribution in [0.2, 0.25) is 0 Å². The van der Waals surface area contributed by atoms with Crippen molar-refractivity contribution >= 4 is 5.91 Å². The molecule has 1 amide bonds. The Labute approximate surface area is 140 Å². The third-order valence-electron chi connectivity index (χ3n) is 5.04. The lowest BCUT2D eigenvalue weighted by Gasteiger charge is -2.24. The van der Waals surface area contributed by atoms with E-state index in [-0.39, 0.29) is 35.9 Å². The second kappa shape index (κ2) is 6.36. The van der Waals surface area contributed by atoms with Crippen LogP contribution in [-0.4, -0.2) is 18.1 Å². The minimum absolute atomic E-state index is 0.000291. The predicted molar refractivity (Wildman–Crippen MR) is 88.8 cm³/mol. The fraction of sp³-hybridized carbons (Fsp3) is 0.350. The number of benzene rings is 2. The molecule has 0 radical (unpaired) electrons. The second-order valence-electron chi connectivity index (χ2n) is 6.62. The molecule has 2 aromatic carbocycles. The van der Waals surface area contributed by atoms with Crippen LogP contribution in [0.5, 0.6) is 0 Å². The zero-order chi connectivity index (χ0) is 16.5. The van der Waals surface area contributed by atoms with Crippen LogP contribution in [0.1, 0.15) is 36.4 Å². The average molecular weight is 325 g/mol. The maximum atomic E-state index is 13.7. The van der Waals surface area contributed by atoms with Crippen molar-refractivity contribution in [3.05, 3.63) is 71.5 Å². The predicted octanol–water partition coefficient (Wildman–Crippen LogP) is 3.60. The van der Waals surface area contributed by atoms with Crippen LogP contribution in [0.4, 0.5) is 4.39 Å². The molecule has 4 atom stereocenters. The van der Waals surface area contributed by atoms with E-state index in [2.05, 4.69) is 5.32 Å². The Hall–Kier alpha value is -2.20. The molecule has 3 nitrogen and oxygen atoms in total. The van der Waals surface area contributed by atoms with Crippen molar-refractivity contribution < 1.29 is 13.9 Å². The first-order valence-corrected chi connectivity index (χ1v) is 8.47. The van der Waals surface area contributed by atoms with E-state index in [9.17, 15) is 9.18 Å². The molecule has 0 aliphatic carbocycles. The first kappa shape index (κ1) is 15.3. The van der Waals surface area contributed by atoms with Crippen molar-refractivity contribution in [3.63, 3.8) is 0 Å². The molecular formula is C20H20FNO2. The maximum absolute atomic E-state index is 13.7. The van der Waals surface area contributed by atoms with Crippen molar-refractivity contribution in [2.24, 2.45) is 5.92 Å². The zero-order valence-electron chi connectivity index (χ0n) is 13.3. The molecule has 2 heterocycles. The first-order valence-electron chi connectivity index (χ1n) is 8.47. The summed E-state index contributed by atoms with van der Waals surface area (Å²) in [6.45, 7) is 0. The molecule has 2 aliphatic heterocycles. The molecule has 0 saturated carbocycles. The second-order valence-corrected chi connectivity index (χ2v) is 6.62. The lowest BCUT2D eigenvalue weighted by Crippen LogP contribution is -2.38. The van der Waals surface area contributed by atoms with Gasteiger partial charge in [-0.25, -0.2) is 4.39 Å². The molecular weight excluding hydrogens is 305 g/mol. The first-order chi connectivity index (χ1) is 11.7. The minimum atomic E-state index is -0.353. The summed E-state index contributed by atoms with van der Waals surface area (Å²) in [5.41, 5.74) is 1.69. The Morgan fingerprint density at radius 1 is 1.08 bits per heavy atom. The number of hydrogen-bond donors (Lipinski definition) is 1. The lowest BCUT2D eigenvalue weighted by molar-refractivity contribution is -0.127. The van der Waals surface area contributed by atoms with Crippen molar-refractivity contribution in [2.45, 2.75) is 37.5 Å². The van der Waals surface area contributed by atoms with E-state index in [1.807, 2.05) is 36.4 Å². The summed E-state index contributed by atoms with van der Waals surface area (Å²) in [4.78, 5) is 12.8. The summed E-state index contributed by atoms with van der Waals surface area (Å²) >= 11 is 0. The standard InChI is InChI=1S/C20H20FNO2/c21-15-8-4-7-14(11-15)19(13-5-2-1-3-6-13)22-20(23)17-12-16-9-10-18(17)24-16/h1-8,11,16-19H,9-10,12H2,(H,22,23)/t16-,17-,18-,19+/m1/s1. The molecule has 2 bridgehead atoms. The van der Waals surface area contributed by atoms with E-state index in [1.165, 1.54) is 12.1 Å². The Kier molecular flexibility index (Phi) is 4.07. The minimum Gasteiger partial charge on any atom is -0.374 e. The van der Waals surface area contributed by atoms with Crippen molar-refractivity contribution in [2.75, 3.05) is 0 Å². The van der Waals surface area contributed by atoms with Crippen LogP contribution in [0, 0.1) is 11.7 Å². The van der Waals surface area contributed by atoms with Gasteiger partial charge in [0.2, 0.25) is 5.91 Å². The number of halogens is 1. The van der Waals surface area contributed by atoms with Crippen molar-refractivity contribution in [1.29, 1.82) is 0 Å². The third kappa shape index (κ3) is 2.94. The van der Waals surface area contributed by atoms with Crippen molar-refractivity contribution in [1.82, 2.24) is 5.32 Å². The van der Waals surface area contributed by atoms with Crippen LogP contribution in [0.15, 0.2) is 54.6 Å². The molecule has 0 aromatic heterocycles. The number of nitrogens with one attached hydrogen (secondary N) is 1. The van der Waals surface area contributed by atoms with Gasteiger partial charge in [-0.15, -0.1) is 0 Å². The fourth-order valence-electron chi connectivity index (χ4n) is 3.85. The fourth-order valence-corrected chi connectivity index (χ4v) is 3.85. The van der Waals surface area contributed by atoms with Gasteiger partial charge in [-0.2, -0.15) is 0 Å². The van der Waals surface area contributed by atoms with E-state index >= 15 is 0 Å². The molecule has 2 saturated heterocycles. The Bertz CT molecular complexity index is 733. The van der Waals surface area contributed by atoms with Gasteiger partial charge in [0.1, 0.15) is 5.82 Å². The van der Waals surface area contributed by atoms with Gasteiger partial charge >= 0.3 is 0 Å². The van der Waals surface area contributed by atoms with Crippen LogP contribution >= 0.6 is 0 Å². The molecule has 0 spiro atoms. The van der Waals surface area contributed by atoms with Crippen LogP contribution in [0.3, 0.4) is 0 Å². The highest BCUT2D eigenvalue weighted by Crippen LogP contribution is 2.39. The molecule has 0 unspecified atom stereocenters. The van der Waals surface area contributed by atoms with Gasteiger partial charge in [-0.3, -0.25) is 4.79 Å². The average Bonchev–Trinajstić information content (AvgIpc) is 3.23. The highest BCUT2D eigenvalue weighted by molar-refractivity contribution is 5.80. The zero-order valence-corrected chi connectivity index (χ0v) is 13.3. The van der Waals surface area contributed by atoms with E-state index in [0.717, 1.165) is 30.4 Å². The smallest absolute Gasteiger partial charge is 0.226 e. The summed E-state index contributed by atoms with van der Waals surface area (Å²) in [6.07, 6.45) is 3.08. The topological polar surface area (TPSA) is 38.3 Å². The molecule has 2 aromatic rings. The van der Waals surface area contributed by atoms with E-state index in [1.54, 1.807) is 6.07 Å². The number of rotatable bonds is 4. The Balaban J connectivity index is 1.60. The quantitative estimate of drug-likeness (QED) is 0.933. The summed E-state index contributed by atoms with van der Waals surface area (Å²) < 4.78 is 19.5. The SMILES string of the molecule is O=C(N[C@@H](c1ccccc1)c1cccc(F)c1)[C@@H]1C[C@H]2CC[C@H]1O2. The molecule has 2 aliphatic rings. The molecule has 124 valence electrons. The third-order valence-corrected chi connectivity index (χ3v) is 5.04. The van der Waals surface area contributed by atoms with E-state index in [0.29, 0.717) is 0 Å². The molecule has 4 heteroatoms. The van der Waals surface area contributed by atoms with Gasteiger partial charge in [-0.05, 0) is 42.5 Å². The summed E-state index contributed by atoms with van der Waals surface area (Å²) in [5.74, 6) is -0.394. The van der Waals surface area contributed by atoms with Crippen LogP contribution in [0.25, 0.3) is 0 Å². The molecule has 24 heavy (non-hydrogen) atoms. The maximum Gasteiger partial charge on any atom is 0.226 e. The van der Waals surface area contributed by atoms with Crippen LogP contribution in [-0.2, 0) is 9.53 Å². The van der Waals surface area contributed by atoms with E-state index < -0.39 is 0 Å². The summed E-state index contributed by atoms with van der Waals surface area (Å²) in [6, 6.07) is 15.7.